The molecule has 1 amide bonds. The van der Waals surface area contributed by atoms with Crippen LogP contribution in [0.3, 0.4) is 0 Å². The highest BCUT2D eigenvalue weighted by molar-refractivity contribution is 7.91. The summed E-state index contributed by atoms with van der Waals surface area (Å²) < 4.78 is 54.4. The highest BCUT2D eigenvalue weighted by Crippen LogP contribution is 2.34. The van der Waals surface area contributed by atoms with Crippen molar-refractivity contribution in [1.29, 1.82) is 0 Å². The summed E-state index contributed by atoms with van der Waals surface area (Å²) >= 11 is 0.960. The molecule has 3 heterocycles. The van der Waals surface area contributed by atoms with E-state index < -0.39 is 33.6 Å². The summed E-state index contributed by atoms with van der Waals surface area (Å²) in [5.74, 6) is -2.42. The third-order valence-electron chi connectivity index (χ3n) is 4.77. The Labute approximate surface area is 179 Å². The lowest BCUT2D eigenvalue weighted by atomic mass is 10.2. The Morgan fingerprint density at radius 1 is 1.19 bits per heavy atom. The number of carbonyl (C=O) groups is 1. The van der Waals surface area contributed by atoms with Crippen LogP contribution in [0.1, 0.15) is 12.8 Å². The minimum atomic E-state index is -4.00. The molecule has 0 bridgehead atoms. The van der Waals surface area contributed by atoms with Crippen LogP contribution in [0.2, 0.25) is 0 Å². The summed E-state index contributed by atoms with van der Waals surface area (Å²) in [6.45, 7) is 0.135. The number of hydrogen-bond acceptors (Lipinski definition) is 6. The fourth-order valence-electron chi connectivity index (χ4n) is 3.29. The van der Waals surface area contributed by atoms with Crippen LogP contribution in [0.4, 0.5) is 14.5 Å². The second-order valence-electron chi connectivity index (χ2n) is 6.81. The molecule has 0 unspecified atom stereocenters. The number of aromatic amines is 1. The molecule has 8 nitrogen and oxygen atoms in total. The largest absolute Gasteiger partial charge is 0.322 e. The van der Waals surface area contributed by atoms with Crippen molar-refractivity contribution < 1.29 is 22.0 Å². The van der Waals surface area contributed by atoms with Gasteiger partial charge in [-0.25, -0.2) is 22.3 Å². The average molecular weight is 466 g/mol. The highest BCUT2D eigenvalue weighted by atomic mass is 32.2. The van der Waals surface area contributed by atoms with E-state index in [0.29, 0.717) is 23.1 Å². The second kappa shape index (κ2) is 8.29. The molecule has 1 aromatic carbocycles. The fraction of sp³-hybridized carbons (Fsp3) is 0.211. The summed E-state index contributed by atoms with van der Waals surface area (Å²) in [4.78, 5) is 24.4. The SMILES string of the molecule is O=C(Nc1ccc(F)cc1F)[C@@H]1CCCN1S(=O)(=O)c1ccc(-c2ccc(=O)[nH]n2)s1. The second-order valence-corrected chi connectivity index (χ2v) is 10.0. The third-order valence-corrected chi connectivity index (χ3v) is 8.25. The first-order valence-corrected chi connectivity index (χ1v) is 11.4. The van der Waals surface area contributed by atoms with Gasteiger partial charge in [-0.15, -0.1) is 11.3 Å². The lowest BCUT2D eigenvalue weighted by Gasteiger charge is -2.22. The molecule has 2 N–H and O–H groups in total. The van der Waals surface area contributed by atoms with Gasteiger partial charge < -0.3 is 5.32 Å². The number of hydrogen-bond donors (Lipinski definition) is 2. The zero-order valence-corrected chi connectivity index (χ0v) is 17.5. The van der Waals surface area contributed by atoms with E-state index in [0.717, 1.165) is 27.8 Å². The number of nitrogens with zero attached hydrogens (tertiary/aromatic N) is 2. The van der Waals surface area contributed by atoms with E-state index in [2.05, 4.69) is 15.5 Å². The predicted octanol–water partition coefficient (Wildman–Crippen LogP) is 2.57. The molecule has 1 fully saturated rings. The van der Waals surface area contributed by atoms with Crippen LogP contribution in [0.15, 0.2) is 51.5 Å². The molecule has 1 atom stereocenters. The van der Waals surface area contributed by atoms with Crippen LogP contribution in [-0.4, -0.2) is 41.4 Å². The van der Waals surface area contributed by atoms with Crippen molar-refractivity contribution in [2.75, 3.05) is 11.9 Å². The molecule has 1 aliphatic rings. The minimum Gasteiger partial charge on any atom is -0.322 e. The van der Waals surface area contributed by atoms with Gasteiger partial charge in [-0.3, -0.25) is 9.59 Å². The predicted molar refractivity (Wildman–Crippen MR) is 110 cm³/mol. The first-order valence-electron chi connectivity index (χ1n) is 9.19. The molecule has 2 aromatic heterocycles. The number of halogens is 2. The summed E-state index contributed by atoms with van der Waals surface area (Å²) in [7, 11) is -4.00. The van der Waals surface area contributed by atoms with Crippen molar-refractivity contribution in [3.8, 4) is 10.6 Å². The Kier molecular flexibility index (Phi) is 5.69. The van der Waals surface area contributed by atoms with Gasteiger partial charge in [-0.05, 0) is 43.2 Å². The number of anilines is 1. The van der Waals surface area contributed by atoms with Crippen molar-refractivity contribution >= 4 is 33.0 Å². The summed E-state index contributed by atoms with van der Waals surface area (Å²) in [5.41, 5.74) is -0.191. The molecule has 0 spiro atoms. The van der Waals surface area contributed by atoms with Crippen LogP contribution in [0, 0.1) is 11.6 Å². The van der Waals surface area contributed by atoms with Gasteiger partial charge in [0.25, 0.3) is 15.6 Å². The normalized spacial score (nSPS) is 17.0. The quantitative estimate of drug-likeness (QED) is 0.600. The topological polar surface area (TPSA) is 112 Å². The molecule has 4 rings (SSSR count). The molecule has 31 heavy (non-hydrogen) atoms. The zero-order chi connectivity index (χ0) is 22.2. The Bertz CT molecular complexity index is 1290. The van der Waals surface area contributed by atoms with Gasteiger partial charge in [0.05, 0.1) is 10.6 Å². The van der Waals surface area contributed by atoms with Gasteiger partial charge in [-0.1, -0.05) is 0 Å². The van der Waals surface area contributed by atoms with Crippen LogP contribution in [-0.2, 0) is 14.8 Å². The molecule has 1 saturated heterocycles. The standard InChI is InChI=1S/C19H16F2N4O4S2/c20-11-3-4-13(12(21)10-11)22-19(27)15-2-1-9-25(15)31(28,29)18-8-6-16(30-18)14-5-7-17(26)24-23-14/h3-8,10,15H,1-2,9H2,(H,22,27)(H,24,26)/t15-/m0/s1. The first-order chi connectivity index (χ1) is 14.8. The summed E-state index contributed by atoms with van der Waals surface area (Å²) in [6, 6.07) is 7.43. The number of H-pyrrole nitrogens is 1. The van der Waals surface area contributed by atoms with Crippen molar-refractivity contribution in [2.45, 2.75) is 23.1 Å². The van der Waals surface area contributed by atoms with E-state index in [1.54, 1.807) is 6.07 Å². The minimum absolute atomic E-state index is 0.0168. The van der Waals surface area contributed by atoms with Gasteiger partial charge in [0.2, 0.25) is 5.91 Å². The molecule has 1 aliphatic heterocycles. The maximum absolute atomic E-state index is 13.9. The summed E-state index contributed by atoms with van der Waals surface area (Å²) in [6.07, 6.45) is 0.733. The number of benzene rings is 1. The number of sulfonamides is 1. The van der Waals surface area contributed by atoms with Crippen molar-refractivity contribution in [2.24, 2.45) is 0 Å². The molecular weight excluding hydrogens is 450 g/mol. The van der Waals surface area contributed by atoms with E-state index in [1.165, 1.54) is 18.2 Å². The molecule has 12 heteroatoms. The molecule has 162 valence electrons. The lowest BCUT2D eigenvalue weighted by molar-refractivity contribution is -0.119. The van der Waals surface area contributed by atoms with E-state index in [-0.39, 0.29) is 28.4 Å². The molecule has 0 saturated carbocycles. The van der Waals surface area contributed by atoms with Crippen molar-refractivity contribution in [1.82, 2.24) is 14.5 Å². The van der Waals surface area contributed by atoms with Crippen LogP contribution in [0.5, 0.6) is 0 Å². The van der Waals surface area contributed by atoms with Gasteiger partial charge >= 0.3 is 0 Å². The highest BCUT2D eigenvalue weighted by Gasteiger charge is 2.40. The first kappa shape index (κ1) is 21.3. The van der Waals surface area contributed by atoms with Gasteiger partial charge in [0, 0.05) is 18.7 Å². The average Bonchev–Trinajstić information content (AvgIpc) is 3.41. The lowest BCUT2D eigenvalue weighted by Crippen LogP contribution is -2.43. The Morgan fingerprint density at radius 3 is 2.71 bits per heavy atom. The number of carbonyl (C=O) groups excluding carboxylic acids is 1. The Morgan fingerprint density at radius 2 is 2.00 bits per heavy atom. The fourth-order valence-corrected chi connectivity index (χ4v) is 6.35. The molecular formula is C19H16F2N4O4S2. The van der Waals surface area contributed by atoms with Gasteiger partial charge in [0.15, 0.2) is 0 Å². The molecule has 0 radical (unpaired) electrons. The third kappa shape index (κ3) is 4.27. The van der Waals surface area contributed by atoms with Gasteiger partial charge in [0.1, 0.15) is 27.6 Å². The number of rotatable bonds is 5. The number of nitrogens with one attached hydrogen (secondary N) is 2. The van der Waals surface area contributed by atoms with Crippen LogP contribution in [0.25, 0.3) is 10.6 Å². The monoisotopic (exact) mass is 466 g/mol. The molecule has 0 aliphatic carbocycles. The van der Waals surface area contributed by atoms with Gasteiger partial charge in [-0.2, -0.15) is 9.40 Å². The molecule has 3 aromatic rings. The van der Waals surface area contributed by atoms with Crippen LogP contribution >= 0.6 is 11.3 Å². The Balaban J connectivity index is 1.56. The maximum Gasteiger partial charge on any atom is 0.264 e. The number of aromatic nitrogens is 2. The van der Waals surface area contributed by atoms with E-state index in [1.807, 2.05) is 0 Å². The van der Waals surface area contributed by atoms with Crippen LogP contribution < -0.4 is 10.9 Å². The zero-order valence-electron chi connectivity index (χ0n) is 15.8. The Hall–Kier alpha value is -2.96. The summed E-state index contributed by atoms with van der Waals surface area (Å²) in [5, 5.41) is 8.52. The smallest absolute Gasteiger partial charge is 0.264 e. The maximum atomic E-state index is 13.9. The van der Waals surface area contributed by atoms with E-state index in [4.69, 9.17) is 0 Å². The van der Waals surface area contributed by atoms with Crippen molar-refractivity contribution in [3.05, 3.63) is 64.5 Å². The van der Waals surface area contributed by atoms with Crippen molar-refractivity contribution in [3.63, 3.8) is 0 Å². The number of thiophene rings is 1. The number of amides is 1. The van der Waals surface area contributed by atoms with E-state index >= 15 is 0 Å². The van der Waals surface area contributed by atoms with E-state index in [9.17, 15) is 26.8 Å².